The highest BCUT2D eigenvalue weighted by atomic mass is 32.2. The van der Waals surface area contributed by atoms with E-state index in [1.54, 1.807) is 16.8 Å². The number of thioether (sulfide) groups is 1. The summed E-state index contributed by atoms with van der Waals surface area (Å²) in [7, 11) is -3.53. The second kappa shape index (κ2) is 9.43. The van der Waals surface area contributed by atoms with Crippen LogP contribution >= 0.6 is 11.8 Å². The van der Waals surface area contributed by atoms with E-state index in [0.717, 1.165) is 11.4 Å². The molecule has 3 aromatic rings. The van der Waals surface area contributed by atoms with Gasteiger partial charge in [-0.2, -0.15) is 14.7 Å². The van der Waals surface area contributed by atoms with Gasteiger partial charge >= 0.3 is 0 Å². The molecule has 0 aliphatic rings. The summed E-state index contributed by atoms with van der Waals surface area (Å²) in [4.78, 5) is 4.50. The van der Waals surface area contributed by atoms with Crippen molar-refractivity contribution in [3.05, 3.63) is 65.6 Å². The zero-order valence-corrected chi connectivity index (χ0v) is 18.7. The van der Waals surface area contributed by atoms with Crippen molar-refractivity contribution in [2.24, 2.45) is 0 Å². The third-order valence-electron chi connectivity index (χ3n) is 4.68. The number of hydrogen-bond donors (Lipinski definition) is 0. The Morgan fingerprint density at radius 2 is 1.83 bits per heavy atom. The third-order valence-corrected chi connectivity index (χ3v) is 7.67. The Kier molecular flexibility index (Phi) is 6.92. The van der Waals surface area contributed by atoms with Crippen molar-refractivity contribution >= 4 is 21.8 Å². The van der Waals surface area contributed by atoms with Gasteiger partial charge in [0, 0.05) is 25.0 Å². The van der Waals surface area contributed by atoms with Crippen LogP contribution in [0.2, 0.25) is 0 Å². The standard InChI is InChI=1S/C21H23N5O2S2/c1-4-25(5-2)30(27,28)18-11-12-21(23-14-18)29-15-20-19(13-22)16(3)24-26(20)17-9-7-6-8-10-17/h6-12,14H,4-5,15H2,1-3H3. The van der Waals surface area contributed by atoms with E-state index in [1.165, 1.54) is 22.3 Å². The molecule has 3 rings (SSSR count). The molecule has 2 heterocycles. The Labute approximate surface area is 181 Å². The van der Waals surface area contributed by atoms with Crippen molar-refractivity contribution in [3.63, 3.8) is 0 Å². The molecule has 0 unspecified atom stereocenters. The van der Waals surface area contributed by atoms with Gasteiger partial charge in [-0.15, -0.1) is 0 Å². The second-order valence-electron chi connectivity index (χ2n) is 6.48. The van der Waals surface area contributed by atoms with Crippen LogP contribution in [0.1, 0.15) is 30.8 Å². The third kappa shape index (κ3) is 4.41. The first kappa shape index (κ1) is 22.0. The predicted molar refractivity (Wildman–Crippen MR) is 117 cm³/mol. The fourth-order valence-corrected chi connectivity index (χ4v) is 5.34. The van der Waals surface area contributed by atoms with E-state index in [4.69, 9.17) is 0 Å². The molecule has 0 fully saturated rings. The summed E-state index contributed by atoms with van der Waals surface area (Å²) in [5.41, 5.74) is 2.89. The molecule has 0 aliphatic carbocycles. The highest BCUT2D eigenvalue weighted by molar-refractivity contribution is 7.98. The van der Waals surface area contributed by atoms with E-state index in [0.29, 0.717) is 35.1 Å². The SMILES string of the molecule is CCN(CC)S(=O)(=O)c1ccc(SCc2c(C#N)c(C)nn2-c2ccccc2)nc1. The topological polar surface area (TPSA) is 91.9 Å². The molecule has 0 atom stereocenters. The lowest BCUT2D eigenvalue weighted by Crippen LogP contribution is -2.30. The molecule has 0 amide bonds. The first-order valence-electron chi connectivity index (χ1n) is 9.55. The largest absolute Gasteiger partial charge is 0.249 e. The van der Waals surface area contributed by atoms with Crippen molar-refractivity contribution in [3.8, 4) is 11.8 Å². The molecule has 0 saturated carbocycles. The summed E-state index contributed by atoms with van der Waals surface area (Å²) in [5.74, 6) is 0.480. The quantitative estimate of drug-likeness (QED) is 0.494. The van der Waals surface area contributed by atoms with E-state index in [9.17, 15) is 13.7 Å². The Morgan fingerprint density at radius 3 is 2.40 bits per heavy atom. The number of rotatable bonds is 8. The molecule has 1 aromatic carbocycles. The van der Waals surface area contributed by atoms with E-state index in [2.05, 4.69) is 16.2 Å². The minimum Gasteiger partial charge on any atom is -0.249 e. The van der Waals surface area contributed by atoms with Crippen molar-refractivity contribution in [1.29, 1.82) is 5.26 Å². The van der Waals surface area contributed by atoms with Gasteiger partial charge in [0.25, 0.3) is 0 Å². The second-order valence-corrected chi connectivity index (χ2v) is 9.41. The van der Waals surface area contributed by atoms with Gasteiger partial charge in [0.15, 0.2) is 0 Å². The van der Waals surface area contributed by atoms with Crippen molar-refractivity contribution in [2.75, 3.05) is 13.1 Å². The first-order valence-corrected chi connectivity index (χ1v) is 12.0. The average molecular weight is 442 g/mol. The summed E-state index contributed by atoms with van der Waals surface area (Å²) in [6, 6.07) is 15.2. The Bertz CT molecular complexity index is 1150. The lowest BCUT2D eigenvalue weighted by molar-refractivity contribution is 0.445. The first-order chi connectivity index (χ1) is 14.4. The monoisotopic (exact) mass is 441 g/mol. The van der Waals surface area contributed by atoms with Crippen LogP contribution in [0.4, 0.5) is 0 Å². The van der Waals surface area contributed by atoms with Crippen molar-refractivity contribution in [2.45, 2.75) is 36.4 Å². The number of para-hydroxylation sites is 1. The zero-order valence-electron chi connectivity index (χ0n) is 17.1. The number of hydrogen-bond acceptors (Lipinski definition) is 6. The van der Waals surface area contributed by atoms with Crippen LogP contribution in [0.25, 0.3) is 5.69 Å². The summed E-state index contributed by atoms with van der Waals surface area (Å²) >= 11 is 1.43. The molecule has 0 radical (unpaired) electrons. The molecule has 0 aliphatic heterocycles. The molecule has 2 aromatic heterocycles. The maximum atomic E-state index is 12.6. The highest BCUT2D eigenvalue weighted by Crippen LogP contribution is 2.27. The van der Waals surface area contributed by atoms with Crippen LogP contribution in [0, 0.1) is 18.3 Å². The molecule has 156 valence electrons. The van der Waals surface area contributed by atoms with Crippen LogP contribution in [0.3, 0.4) is 0 Å². The van der Waals surface area contributed by atoms with E-state index >= 15 is 0 Å². The lowest BCUT2D eigenvalue weighted by Gasteiger charge is -2.18. The number of sulfonamides is 1. The minimum absolute atomic E-state index is 0.179. The number of benzene rings is 1. The summed E-state index contributed by atoms with van der Waals surface area (Å²) in [6.45, 7) is 6.26. The maximum Gasteiger partial charge on any atom is 0.244 e. The van der Waals surface area contributed by atoms with E-state index in [-0.39, 0.29) is 4.90 Å². The number of pyridine rings is 1. The van der Waals surface area contributed by atoms with Gasteiger partial charge in [-0.05, 0) is 31.2 Å². The van der Waals surface area contributed by atoms with E-state index < -0.39 is 10.0 Å². The smallest absolute Gasteiger partial charge is 0.244 e. The van der Waals surface area contributed by atoms with Gasteiger partial charge in [-0.1, -0.05) is 43.8 Å². The Balaban J connectivity index is 1.84. The van der Waals surface area contributed by atoms with Gasteiger partial charge in [0.2, 0.25) is 10.0 Å². The van der Waals surface area contributed by atoms with Crippen LogP contribution in [0.5, 0.6) is 0 Å². The predicted octanol–water partition coefficient (Wildman–Crippen LogP) is 3.77. The van der Waals surface area contributed by atoms with E-state index in [1.807, 2.05) is 51.1 Å². The molecular formula is C21H23N5O2S2. The molecule has 7 nitrogen and oxygen atoms in total. The van der Waals surface area contributed by atoms with Crippen LogP contribution in [-0.4, -0.2) is 40.6 Å². The van der Waals surface area contributed by atoms with Gasteiger partial charge in [-0.25, -0.2) is 18.1 Å². The van der Waals surface area contributed by atoms with Gasteiger partial charge in [0.05, 0.1) is 27.7 Å². The van der Waals surface area contributed by atoms with Gasteiger partial charge in [-0.3, -0.25) is 0 Å². The molecule has 0 saturated heterocycles. The normalized spacial score (nSPS) is 11.6. The number of nitriles is 1. The summed E-state index contributed by atoms with van der Waals surface area (Å²) in [6.07, 6.45) is 1.39. The Morgan fingerprint density at radius 1 is 1.13 bits per heavy atom. The summed E-state index contributed by atoms with van der Waals surface area (Å²) in [5, 5.41) is 14.8. The number of aryl methyl sites for hydroxylation is 1. The zero-order chi connectivity index (χ0) is 21.7. The lowest BCUT2D eigenvalue weighted by atomic mass is 10.2. The molecule has 30 heavy (non-hydrogen) atoms. The van der Waals surface area contributed by atoms with Crippen LogP contribution in [0.15, 0.2) is 58.6 Å². The van der Waals surface area contributed by atoms with Gasteiger partial charge in [0.1, 0.15) is 11.0 Å². The molecule has 0 spiro atoms. The highest BCUT2D eigenvalue weighted by Gasteiger charge is 2.22. The molecule has 9 heteroatoms. The van der Waals surface area contributed by atoms with Gasteiger partial charge < -0.3 is 0 Å². The van der Waals surface area contributed by atoms with Crippen LogP contribution in [-0.2, 0) is 15.8 Å². The average Bonchev–Trinajstić information content (AvgIpc) is 3.09. The number of aromatic nitrogens is 3. The fourth-order valence-electron chi connectivity index (χ4n) is 3.10. The number of nitrogens with zero attached hydrogens (tertiary/aromatic N) is 5. The molecule has 0 N–H and O–H groups in total. The summed E-state index contributed by atoms with van der Waals surface area (Å²) < 4.78 is 28.4. The minimum atomic E-state index is -3.53. The molecule has 0 bridgehead atoms. The van der Waals surface area contributed by atoms with Crippen molar-refractivity contribution in [1.82, 2.24) is 19.1 Å². The van der Waals surface area contributed by atoms with Crippen LogP contribution < -0.4 is 0 Å². The van der Waals surface area contributed by atoms with Crippen molar-refractivity contribution < 1.29 is 8.42 Å². The maximum absolute atomic E-state index is 12.6. The molecular weight excluding hydrogens is 418 g/mol. The Hall–Kier alpha value is -2.67. The fraction of sp³-hybridized carbons (Fsp3) is 0.286.